The van der Waals surface area contributed by atoms with Crippen molar-refractivity contribution >= 4 is 16.8 Å². The average molecular weight is 441 g/mol. The van der Waals surface area contributed by atoms with Crippen LogP contribution in [-0.2, 0) is 26.3 Å². The molecule has 0 unspecified atom stereocenters. The van der Waals surface area contributed by atoms with Crippen LogP contribution < -0.4 is 4.74 Å². The molecule has 1 aliphatic carbocycles. The lowest BCUT2D eigenvalue weighted by atomic mass is 9.90. The van der Waals surface area contributed by atoms with Gasteiger partial charge in [0.1, 0.15) is 17.5 Å². The van der Waals surface area contributed by atoms with Gasteiger partial charge in [-0.3, -0.25) is 9.48 Å². The van der Waals surface area contributed by atoms with Gasteiger partial charge in [0.25, 0.3) is 5.91 Å². The number of amides is 1. The summed E-state index contributed by atoms with van der Waals surface area (Å²) in [6, 6.07) is 16.2. The maximum Gasteiger partial charge on any atom is 0.273 e. The van der Waals surface area contributed by atoms with Gasteiger partial charge in [0, 0.05) is 41.3 Å². The predicted octanol–water partition coefficient (Wildman–Crippen LogP) is 4.58. The molecule has 2 aromatic carbocycles. The van der Waals surface area contributed by atoms with Crippen molar-refractivity contribution < 1.29 is 9.53 Å². The first-order valence-corrected chi connectivity index (χ1v) is 11.8. The largest absolute Gasteiger partial charge is 0.496 e. The fourth-order valence-corrected chi connectivity index (χ4v) is 5.76. The Hall–Kier alpha value is -3.54. The van der Waals surface area contributed by atoms with Crippen molar-refractivity contribution in [2.75, 3.05) is 13.7 Å². The summed E-state index contributed by atoms with van der Waals surface area (Å²) in [6.45, 7) is 0.649. The minimum atomic E-state index is -0.251. The molecule has 2 aliphatic rings. The molecule has 33 heavy (non-hydrogen) atoms. The highest BCUT2D eigenvalue weighted by Gasteiger charge is 2.38. The van der Waals surface area contributed by atoms with Crippen molar-refractivity contribution in [1.29, 1.82) is 0 Å². The first-order chi connectivity index (χ1) is 16.2. The first-order valence-electron chi connectivity index (χ1n) is 11.8. The molecule has 1 N–H and O–H groups in total. The van der Waals surface area contributed by atoms with E-state index in [1.54, 1.807) is 11.8 Å². The van der Waals surface area contributed by atoms with Crippen molar-refractivity contribution in [2.24, 2.45) is 7.05 Å². The zero-order valence-electron chi connectivity index (χ0n) is 19.1. The molecule has 0 fully saturated rings. The number of aromatic amines is 1. The summed E-state index contributed by atoms with van der Waals surface area (Å²) in [5.74, 6) is 0.840. The van der Waals surface area contributed by atoms with Gasteiger partial charge in [0.15, 0.2) is 0 Å². The van der Waals surface area contributed by atoms with Crippen LogP contribution in [0.2, 0.25) is 0 Å². The van der Waals surface area contributed by atoms with Gasteiger partial charge < -0.3 is 14.6 Å². The Balaban J connectivity index is 1.53. The number of rotatable bonds is 3. The number of nitrogens with one attached hydrogen (secondary N) is 1. The van der Waals surface area contributed by atoms with Crippen LogP contribution in [0.15, 0.2) is 48.5 Å². The number of carbonyl (C=O) groups excluding carboxylic acids is 1. The molecule has 0 bridgehead atoms. The standard InChI is InChI=1S/C27H28N4O2/c1-30-26(19-10-4-7-13-22(19)29-30)27(32)31-16-15-18-17-9-3-6-12-21(17)28-24(18)25(31)20-11-5-8-14-23(20)33-2/h3,5-6,8-9,11-12,14,25,28H,4,7,10,13,15-16H2,1-2H3/t25-/m0/s1. The number of carbonyl (C=O) groups is 1. The molecular weight excluding hydrogens is 412 g/mol. The van der Waals surface area contributed by atoms with Crippen molar-refractivity contribution in [3.63, 3.8) is 0 Å². The van der Waals surface area contributed by atoms with Crippen molar-refractivity contribution in [3.05, 3.63) is 82.3 Å². The molecule has 6 nitrogen and oxygen atoms in total. The van der Waals surface area contributed by atoms with E-state index in [-0.39, 0.29) is 11.9 Å². The van der Waals surface area contributed by atoms with Gasteiger partial charge in [-0.1, -0.05) is 36.4 Å². The Labute approximate surface area is 193 Å². The molecular formula is C27H28N4O2. The van der Waals surface area contributed by atoms with E-state index in [1.165, 1.54) is 10.9 Å². The number of hydrogen-bond acceptors (Lipinski definition) is 3. The third kappa shape index (κ3) is 3.08. The van der Waals surface area contributed by atoms with Gasteiger partial charge in [-0.05, 0) is 49.8 Å². The van der Waals surface area contributed by atoms with Crippen LogP contribution in [0.3, 0.4) is 0 Å². The van der Waals surface area contributed by atoms with E-state index in [0.717, 1.165) is 71.6 Å². The number of nitrogens with zero attached hydrogens (tertiary/aromatic N) is 3. The average Bonchev–Trinajstić information content (AvgIpc) is 3.39. The van der Waals surface area contributed by atoms with Crippen LogP contribution in [0, 0.1) is 0 Å². The maximum atomic E-state index is 14.2. The summed E-state index contributed by atoms with van der Waals surface area (Å²) >= 11 is 0. The third-order valence-corrected chi connectivity index (χ3v) is 7.25. The Morgan fingerprint density at radius 3 is 2.70 bits per heavy atom. The van der Waals surface area contributed by atoms with E-state index in [0.29, 0.717) is 6.54 Å². The second kappa shape index (κ2) is 7.80. The molecule has 0 saturated heterocycles. The van der Waals surface area contributed by atoms with E-state index in [1.807, 2.05) is 36.2 Å². The number of aromatic nitrogens is 3. The number of aryl methyl sites for hydroxylation is 2. The normalized spacial score (nSPS) is 17.6. The SMILES string of the molecule is COc1ccccc1[C@H]1c2[nH]c3ccccc3c2CCN1C(=O)c1c2c(nn1C)CCCC2. The molecule has 0 spiro atoms. The molecule has 2 aromatic heterocycles. The lowest BCUT2D eigenvalue weighted by Crippen LogP contribution is -2.41. The van der Waals surface area contributed by atoms with Crippen LogP contribution in [-0.4, -0.2) is 39.2 Å². The molecule has 0 radical (unpaired) electrons. The summed E-state index contributed by atoms with van der Waals surface area (Å²) in [5.41, 5.74) is 7.43. The second-order valence-corrected chi connectivity index (χ2v) is 9.06. The van der Waals surface area contributed by atoms with E-state index in [2.05, 4.69) is 29.2 Å². The lowest BCUT2D eigenvalue weighted by molar-refractivity contribution is 0.0677. The van der Waals surface area contributed by atoms with Crippen LogP contribution in [0.4, 0.5) is 0 Å². The summed E-state index contributed by atoms with van der Waals surface area (Å²) in [7, 11) is 3.60. The van der Waals surface area contributed by atoms with Gasteiger partial charge >= 0.3 is 0 Å². The molecule has 3 heterocycles. The Kier molecular flexibility index (Phi) is 4.75. The van der Waals surface area contributed by atoms with Crippen LogP contribution >= 0.6 is 0 Å². The number of hydrogen-bond donors (Lipinski definition) is 1. The minimum absolute atomic E-state index is 0.0494. The van der Waals surface area contributed by atoms with Crippen LogP contribution in [0.25, 0.3) is 10.9 Å². The third-order valence-electron chi connectivity index (χ3n) is 7.25. The summed E-state index contributed by atoms with van der Waals surface area (Å²) in [4.78, 5) is 19.8. The van der Waals surface area contributed by atoms with Gasteiger partial charge in [-0.25, -0.2) is 0 Å². The van der Waals surface area contributed by atoms with Gasteiger partial charge in [-0.15, -0.1) is 0 Å². The monoisotopic (exact) mass is 440 g/mol. The van der Waals surface area contributed by atoms with E-state index in [9.17, 15) is 4.79 Å². The van der Waals surface area contributed by atoms with Gasteiger partial charge in [0.2, 0.25) is 0 Å². The molecule has 6 rings (SSSR count). The van der Waals surface area contributed by atoms with Crippen molar-refractivity contribution in [2.45, 2.75) is 38.1 Å². The molecule has 0 saturated carbocycles. The molecule has 6 heteroatoms. The Morgan fingerprint density at radius 2 is 1.82 bits per heavy atom. The molecule has 4 aromatic rings. The highest BCUT2D eigenvalue weighted by molar-refractivity contribution is 5.96. The van der Waals surface area contributed by atoms with E-state index < -0.39 is 0 Å². The van der Waals surface area contributed by atoms with Crippen molar-refractivity contribution in [3.8, 4) is 5.75 Å². The number of para-hydroxylation sites is 2. The number of fused-ring (bicyclic) bond motifs is 4. The van der Waals surface area contributed by atoms with E-state index >= 15 is 0 Å². The van der Waals surface area contributed by atoms with E-state index in [4.69, 9.17) is 9.84 Å². The summed E-state index contributed by atoms with van der Waals surface area (Å²) < 4.78 is 7.56. The molecule has 1 atom stereocenters. The number of H-pyrrole nitrogens is 1. The quantitative estimate of drug-likeness (QED) is 0.507. The topological polar surface area (TPSA) is 63.1 Å². The first kappa shape index (κ1) is 20.1. The molecule has 168 valence electrons. The second-order valence-electron chi connectivity index (χ2n) is 9.06. The highest BCUT2D eigenvalue weighted by Crippen LogP contribution is 2.42. The van der Waals surface area contributed by atoms with Crippen LogP contribution in [0.1, 0.15) is 57.5 Å². The fraction of sp³-hybridized carbons (Fsp3) is 0.333. The highest BCUT2D eigenvalue weighted by atomic mass is 16.5. The number of ether oxygens (including phenoxy) is 1. The Bertz CT molecular complexity index is 1370. The van der Waals surface area contributed by atoms with Gasteiger partial charge in [-0.2, -0.15) is 5.10 Å². The zero-order chi connectivity index (χ0) is 22.5. The smallest absolute Gasteiger partial charge is 0.273 e. The number of benzene rings is 2. The molecule has 1 aliphatic heterocycles. The predicted molar refractivity (Wildman–Crippen MR) is 128 cm³/mol. The van der Waals surface area contributed by atoms with Crippen molar-refractivity contribution in [1.82, 2.24) is 19.7 Å². The zero-order valence-corrected chi connectivity index (χ0v) is 19.1. The summed E-state index contributed by atoms with van der Waals surface area (Å²) in [5, 5.41) is 5.95. The lowest BCUT2D eigenvalue weighted by Gasteiger charge is -2.37. The maximum absolute atomic E-state index is 14.2. The van der Waals surface area contributed by atoms with Crippen LogP contribution in [0.5, 0.6) is 5.75 Å². The summed E-state index contributed by atoms with van der Waals surface area (Å²) in [6.07, 6.45) is 4.95. The Morgan fingerprint density at radius 1 is 1.03 bits per heavy atom. The van der Waals surface area contributed by atoms with Gasteiger partial charge in [0.05, 0.1) is 12.8 Å². The molecule has 1 amide bonds. The number of methoxy groups -OCH3 is 1. The minimum Gasteiger partial charge on any atom is -0.496 e. The fourth-order valence-electron chi connectivity index (χ4n) is 5.76.